The van der Waals surface area contributed by atoms with Crippen LogP contribution in [0.5, 0.6) is 5.75 Å². The predicted molar refractivity (Wildman–Crippen MR) is 67.2 cm³/mol. The van der Waals surface area contributed by atoms with Gasteiger partial charge in [-0.3, -0.25) is 0 Å². The van der Waals surface area contributed by atoms with Crippen molar-refractivity contribution in [3.8, 4) is 5.75 Å². The van der Waals surface area contributed by atoms with E-state index in [1.165, 1.54) is 5.56 Å². The maximum Gasteiger partial charge on any atom is 0.115 e. The monoisotopic (exact) mass is 233 g/mol. The number of fused-ring (bicyclic) bond motifs is 1. The van der Waals surface area contributed by atoms with Crippen LogP contribution in [-0.4, -0.2) is 18.3 Å². The Labute approximate surface area is 104 Å². The summed E-state index contributed by atoms with van der Waals surface area (Å²) in [4.78, 5) is 0. The van der Waals surface area contributed by atoms with Crippen LogP contribution in [0.4, 0.5) is 0 Å². The molecule has 1 N–H and O–H groups in total. The molecule has 0 saturated carbocycles. The van der Waals surface area contributed by atoms with E-state index in [0.717, 1.165) is 44.5 Å². The van der Waals surface area contributed by atoms with Gasteiger partial charge in [0.2, 0.25) is 0 Å². The van der Waals surface area contributed by atoms with Crippen molar-refractivity contribution >= 4 is 0 Å². The first-order valence-corrected chi connectivity index (χ1v) is 6.57. The summed E-state index contributed by atoms with van der Waals surface area (Å²) in [6, 6.07) is 5.48. The van der Waals surface area contributed by atoms with Gasteiger partial charge in [0, 0.05) is 14.6 Å². The van der Waals surface area contributed by atoms with Gasteiger partial charge in [0.25, 0.3) is 0 Å². The first kappa shape index (κ1) is 9.95. The van der Waals surface area contributed by atoms with Gasteiger partial charge < -0.3 is 9.84 Å². The quantitative estimate of drug-likeness (QED) is 0.808. The van der Waals surface area contributed by atoms with E-state index in [0.29, 0.717) is 17.6 Å². The Morgan fingerprint density at radius 3 is 2.76 bits per heavy atom. The zero-order chi connectivity index (χ0) is 12.5. The number of benzene rings is 1. The molecule has 1 aromatic carbocycles. The average molecular weight is 233 g/mol. The van der Waals surface area contributed by atoms with Crippen LogP contribution < -0.4 is 0 Å². The normalized spacial score (nSPS) is 30.7. The largest absolute Gasteiger partial charge is 0.508 e. The molecule has 92 valence electrons. The van der Waals surface area contributed by atoms with Crippen molar-refractivity contribution in [1.82, 2.24) is 0 Å². The lowest BCUT2D eigenvalue weighted by atomic mass is 9.74. The molecule has 0 spiro atoms. The van der Waals surface area contributed by atoms with Gasteiger partial charge in [-0.15, -0.1) is 0 Å². The summed E-state index contributed by atoms with van der Waals surface area (Å²) in [5.41, 5.74) is 2.29. The highest BCUT2D eigenvalue weighted by atomic mass is 16.5. The SMILES string of the molecule is [2H][C@H]1c2ccc(O)cc2CC[C@H]1C1CCOCC1. The molecule has 2 aliphatic rings. The molecule has 1 aromatic rings. The van der Waals surface area contributed by atoms with E-state index in [-0.39, 0.29) is 6.40 Å². The van der Waals surface area contributed by atoms with Crippen LogP contribution in [-0.2, 0) is 17.6 Å². The third-order valence-corrected chi connectivity index (χ3v) is 4.14. The second-order valence-corrected chi connectivity index (χ2v) is 5.20. The van der Waals surface area contributed by atoms with E-state index in [1.807, 2.05) is 12.1 Å². The molecule has 1 aliphatic carbocycles. The molecule has 0 radical (unpaired) electrons. The van der Waals surface area contributed by atoms with Gasteiger partial charge in [0.05, 0.1) is 0 Å². The molecule has 0 amide bonds. The zero-order valence-electron chi connectivity index (χ0n) is 11.1. The number of phenols is 1. The third kappa shape index (κ3) is 2.32. The van der Waals surface area contributed by atoms with Crippen molar-refractivity contribution in [2.75, 3.05) is 13.2 Å². The van der Waals surface area contributed by atoms with Gasteiger partial charge in [0.15, 0.2) is 0 Å². The standard InChI is InChI=1S/C15H20O2/c16-15-4-3-13-9-12(1-2-14(13)10-15)11-5-7-17-8-6-11/h3-4,10-12,16H,1-2,5-9H2/t12-/m1/s1/i9D/t9-,12-. The summed E-state index contributed by atoms with van der Waals surface area (Å²) < 4.78 is 13.9. The summed E-state index contributed by atoms with van der Waals surface area (Å²) in [6.07, 6.45) is 4.16. The van der Waals surface area contributed by atoms with Crippen molar-refractivity contribution in [3.05, 3.63) is 29.3 Å². The summed E-state index contributed by atoms with van der Waals surface area (Å²) in [5.74, 6) is 1.43. The minimum atomic E-state index is -0.127. The number of hydrogen-bond acceptors (Lipinski definition) is 2. The van der Waals surface area contributed by atoms with Crippen molar-refractivity contribution < 1.29 is 11.2 Å². The van der Waals surface area contributed by atoms with E-state index in [4.69, 9.17) is 6.11 Å². The van der Waals surface area contributed by atoms with Gasteiger partial charge in [0.1, 0.15) is 5.75 Å². The molecule has 2 nitrogen and oxygen atoms in total. The molecule has 3 rings (SSSR count). The summed E-state index contributed by atoms with van der Waals surface area (Å²) in [7, 11) is 0. The zero-order valence-corrected chi connectivity index (χ0v) is 10.1. The van der Waals surface area contributed by atoms with Crippen molar-refractivity contribution in [2.24, 2.45) is 11.8 Å². The minimum Gasteiger partial charge on any atom is -0.508 e. The molecular weight excluding hydrogens is 212 g/mol. The van der Waals surface area contributed by atoms with E-state index < -0.39 is 0 Å². The van der Waals surface area contributed by atoms with Crippen LogP contribution in [0.3, 0.4) is 0 Å². The Kier molecular flexibility index (Phi) is 2.75. The van der Waals surface area contributed by atoms with E-state index >= 15 is 0 Å². The average Bonchev–Trinajstić information content (AvgIpc) is 2.40. The van der Waals surface area contributed by atoms with Gasteiger partial charge in [-0.1, -0.05) is 6.07 Å². The van der Waals surface area contributed by atoms with E-state index in [9.17, 15) is 5.11 Å². The van der Waals surface area contributed by atoms with Crippen LogP contribution in [0.1, 0.15) is 31.8 Å². The number of aromatic hydroxyl groups is 1. The van der Waals surface area contributed by atoms with E-state index in [1.54, 1.807) is 6.07 Å². The Balaban J connectivity index is 1.82. The van der Waals surface area contributed by atoms with Crippen molar-refractivity contribution in [1.29, 1.82) is 0 Å². The molecule has 0 unspecified atom stereocenters. The third-order valence-electron chi connectivity index (χ3n) is 4.14. The maximum atomic E-state index is 9.51. The highest BCUT2D eigenvalue weighted by molar-refractivity contribution is 5.36. The lowest BCUT2D eigenvalue weighted by Gasteiger charge is -2.33. The van der Waals surface area contributed by atoms with Crippen LogP contribution in [0.2, 0.25) is 0 Å². The summed E-state index contributed by atoms with van der Waals surface area (Å²) in [6.45, 7) is 1.71. The molecule has 1 aliphatic heterocycles. The Morgan fingerprint density at radius 2 is 1.94 bits per heavy atom. The molecule has 1 heterocycles. The van der Waals surface area contributed by atoms with Crippen LogP contribution in [0.15, 0.2) is 18.2 Å². The van der Waals surface area contributed by atoms with Gasteiger partial charge in [-0.05, 0) is 67.2 Å². The lowest BCUT2D eigenvalue weighted by molar-refractivity contribution is 0.0439. The van der Waals surface area contributed by atoms with Gasteiger partial charge in [-0.25, -0.2) is 0 Å². The van der Waals surface area contributed by atoms with Crippen molar-refractivity contribution in [2.45, 2.75) is 32.1 Å². The number of rotatable bonds is 1. The number of ether oxygens (including phenoxy) is 1. The van der Waals surface area contributed by atoms with Crippen LogP contribution in [0, 0.1) is 11.8 Å². The summed E-state index contributed by atoms with van der Waals surface area (Å²) in [5, 5.41) is 9.51. The van der Waals surface area contributed by atoms with Crippen LogP contribution in [0.25, 0.3) is 0 Å². The summed E-state index contributed by atoms with van der Waals surface area (Å²) >= 11 is 0. The molecular formula is C15H20O2. The molecule has 1 saturated heterocycles. The minimum absolute atomic E-state index is 0.127. The first-order chi connectivity index (χ1) is 8.75. The smallest absolute Gasteiger partial charge is 0.115 e. The number of aryl methyl sites for hydroxylation is 1. The fourth-order valence-electron chi connectivity index (χ4n) is 3.12. The topological polar surface area (TPSA) is 29.5 Å². The van der Waals surface area contributed by atoms with Gasteiger partial charge >= 0.3 is 0 Å². The highest BCUT2D eigenvalue weighted by Gasteiger charge is 2.27. The second-order valence-electron chi connectivity index (χ2n) is 5.20. The molecule has 17 heavy (non-hydrogen) atoms. The molecule has 0 bridgehead atoms. The Morgan fingerprint density at radius 1 is 1.12 bits per heavy atom. The number of hydrogen-bond donors (Lipinski definition) is 1. The van der Waals surface area contributed by atoms with Gasteiger partial charge in [-0.2, -0.15) is 0 Å². The van der Waals surface area contributed by atoms with Crippen LogP contribution >= 0.6 is 0 Å². The maximum absolute atomic E-state index is 9.51. The predicted octanol–water partition coefficient (Wildman–Crippen LogP) is 2.92. The first-order valence-electron chi connectivity index (χ1n) is 7.15. The molecule has 0 aromatic heterocycles. The highest BCUT2D eigenvalue weighted by Crippen LogP contribution is 2.35. The fourth-order valence-corrected chi connectivity index (χ4v) is 3.12. The number of phenolic OH excluding ortho intramolecular Hbond substituents is 1. The molecule has 2 atom stereocenters. The Hall–Kier alpha value is -1.02. The second kappa shape index (κ2) is 4.69. The van der Waals surface area contributed by atoms with E-state index in [2.05, 4.69) is 0 Å². The lowest BCUT2D eigenvalue weighted by Crippen LogP contribution is -2.27. The molecule has 1 fully saturated rings. The fraction of sp³-hybridized carbons (Fsp3) is 0.600. The molecule has 2 heteroatoms. The Bertz CT molecular complexity index is 427. The van der Waals surface area contributed by atoms with Crippen molar-refractivity contribution in [3.63, 3.8) is 0 Å².